The van der Waals surface area contributed by atoms with Crippen LogP contribution in [0, 0.1) is 0 Å². The lowest BCUT2D eigenvalue weighted by Gasteiger charge is -2.05. The van der Waals surface area contributed by atoms with Crippen molar-refractivity contribution in [2.24, 2.45) is 0 Å². The van der Waals surface area contributed by atoms with Gasteiger partial charge in [-0.15, -0.1) is 11.3 Å². The van der Waals surface area contributed by atoms with E-state index < -0.39 is 0 Å². The van der Waals surface area contributed by atoms with Gasteiger partial charge in [0.15, 0.2) is 0 Å². The molecule has 1 aliphatic rings. The van der Waals surface area contributed by atoms with Crippen LogP contribution in [0.5, 0.6) is 0 Å². The Morgan fingerprint density at radius 2 is 2.12 bits per heavy atom. The van der Waals surface area contributed by atoms with Gasteiger partial charge in [-0.2, -0.15) is 0 Å². The number of carbonyl (C=O) groups excluding carboxylic acids is 1. The highest BCUT2D eigenvalue weighted by atomic mass is 32.1. The minimum Gasteiger partial charge on any atom is -0.372 e. The minimum atomic E-state index is -0.0566. The highest BCUT2D eigenvalue weighted by Gasteiger charge is 2.12. The number of fused-ring (bicyclic) bond motifs is 1. The molecule has 1 amide bonds. The highest BCUT2D eigenvalue weighted by molar-refractivity contribution is 7.12. The molecule has 1 aromatic heterocycles. The summed E-state index contributed by atoms with van der Waals surface area (Å²) in [4.78, 5) is 12.6. The summed E-state index contributed by atoms with van der Waals surface area (Å²) in [5.41, 5.74) is 3.20. The summed E-state index contributed by atoms with van der Waals surface area (Å²) < 4.78 is 5.34. The van der Waals surface area contributed by atoms with Gasteiger partial charge in [-0.25, -0.2) is 0 Å². The van der Waals surface area contributed by atoms with Crippen molar-refractivity contribution in [1.82, 2.24) is 0 Å². The number of amides is 1. The molecule has 4 heteroatoms. The number of benzene rings is 1. The Balaban J connectivity index is 1.80. The smallest absolute Gasteiger partial charge is 0.265 e. The van der Waals surface area contributed by atoms with Gasteiger partial charge in [0.25, 0.3) is 5.91 Å². The quantitative estimate of drug-likeness (QED) is 0.883. The van der Waals surface area contributed by atoms with Crippen molar-refractivity contribution in [2.45, 2.75) is 13.2 Å². The SMILES string of the molecule is O=C(Nc1ccc2c(c1)COC2)c1cccs1. The predicted molar refractivity (Wildman–Crippen MR) is 67.2 cm³/mol. The zero-order valence-electron chi connectivity index (χ0n) is 9.10. The van der Waals surface area contributed by atoms with E-state index in [1.807, 2.05) is 35.7 Å². The Bertz CT molecular complexity index is 549. The molecule has 3 rings (SSSR count). The summed E-state index contributed by atoms with van der Waals surface area (Å²) in [7, 11) is 0. The van der Waals surface area contributed by atoms with Crippen LogP contribution < -0.4 is 5.32 Å². The van der Waals surface area contributed by atoms with Crippen molar-refractivity contribution in [1.29, 1.82) is 0 Å². The maximum atomic E-state index is 11.8. The van der Waals surface area contributed by atoms with Crippen LogP contribution in [0.2, 0.25) is 0 Å². The fraction of sp³-hybridized carbons (Fsp3) is 0.154. The summed E-state index contributed by atoms with van der Waals surface area (Å²) in [5, 5.41) is 4.78. The van der Waals surface area contributed by atoms with Gasteiger partial charge in [0.2, 0.25) is 0 Å². The second-order valence-electron chi connectivity index (χ2n) is 3.91. The Hall–Kier alpha value is -1.65. The van der Waals surface area contributed by atoms with Gasteiger partial charge in [-0.3, -0.25) is 4.79 Å². The Morgan fingerprint density at radius 1 is 1.24 bits per heavy atom. The molecule has 0 bridgehead atoms. The van der Waals surface area contributed by atoms with Crippen LogP contribution in [0.15, 0.2) is 35.7 Å². The molecule has 86 valence electrons. The molecule has 2 aromatic rings. The second kappa shape index (κ2) is 4.31. The highest BCUT2D eigenvalue weighted by Crippen LogP contribution is 2.23. The molecule has 1 N–H and O–H groups in total. The zero-order valence-corrected chi connectivity index (χ0v) is 9.92. The van der Waals surface area contributed by atoms with Crippen LogP contribution in [-0.4, -0.2) is 5.91 Å². The van der Waals surface area contributed by atoms with Crippen molar-refractivity contribution >= 4 is 22.9 Å². The van der Waals surface area contributed by atoms with Gasteiger partial charge < -0.3 is 10.1 Å². The molecule has 1 aliphatic heterocycles. The number of thiophene rings is 1. The third-order valence-corrected chi connectivity index (χ3v) is 3.59. The van der Waals surface area contributed by atoms with E-state index >= 15 is 0 Å². The minimum absolute atomic E-state index is 0.0566. The molecule has 0 radical (unpaired) electrons. The van der Waals surface area contributed by atoms with E-state index in [0.29, 0.717) is 13.2 Å². The van der Waals surface area contributed by atoms with Crippen LogP contribution in [-0.2, 0) is 18.0 Å². The van der Waals surface area contributed by atoms with Gasteiger partial charge in [-0.05, 0) is 34.7 Å². The van der Waals surface area contributed by atoms with E-state index in [9.17, 15) is 4.79 Å². The van der Waals surface area contributed by atoms with E-state index in [2.05, 4.69) is 5.32 Å². The van der Waals surface area contributed by atoms with Crippen molar-refractivity contribution in [3.8, 4) is 0 Å². The van der Waals surface area contributed by atoms with E-state index in [4.69, 9.17) is 4.74 Å². The van der Waals surface area contributed by atoms with E-state index in [0.717, 1.165) is 16.1 Å². The topological polar surface area (TPSA) is 38.3 Å². The average Bonchev–Trinajstić information content (AvgIpc) is 2.99. The Labute approximate surface area is 103 Å². The largest absolute Gasteiger partial charge is 0.372 e. The molecule has 0 saturated carbocycles. The molecule has 17 heavy (non-hydrogen) atoms. The van der Waals surface area contributed by atoms with Crippen molar-refractivity contribution < 1.29 is 9.53 Å². The molecule has 3 nitrogen and oxygen atoms in total. The van der Waals surface area contributed by atoms with Crippen LogP contribution in [0.1, 0.15) is 20.8 Å². The van der Waals surface area contributed by atoms with Gasteiger partial charge in [-0.1, -0.05) is 12.1 Å². The van der Waals surface area contributed by atoms with Gasteiger partial charge in [0.05, 0.1) is 18.1 Å². The third-order valence-electron chi connectivity index (χ3n) is 2.72. The van der Waals surface area contributed by atoms with Crippen LogP contribution in [0.3, 0.4) is 0 Å². The first-order valence-corrected chi connectivity index (χ1v) is 6.25. The number of carbonyl (C=O) groups is 1. The first-order valence-electron chi connectivity index (χ1n) is 5.37. The summed E-state index contributed by atoms with van der Waals surface area (Å²) in [5.74, 6) is -0.0566. The van der Waals surface area contributed by atoms with Crippen molar-refractivity contribution in [3.05, 3.63) is 51.7 Å². The number of nitrogens with one attached hydrogen (secondary N) is 1. The standard InChI is InChI=1S/C13H11NO2S/c15-13(12-2-1-5-17-12)14-11-4-3-9-7-16-8-10(9)6-11/h1-6H,7-8H2,(H,14,15). The predicted octanol–water partition coefficient (Wildman–Crippen LogP) is 3.03. The first kappa shape index (κ1) is 10.5. The maximum absolute atomic E-state index is 11.8. The molecular weight excluding hydrogens is 234 g/mol. The first-order chi connectivity index (χ1) is 8.33. The zero-order chi connectivity index (χ0) is 11.7. The normalized spacial score (nSPS) is 13.4. The third kappa shape index (κ3) is 2.09. The van der Waals surface area contributed by atoms with Crippen molar-refractivity contribution in [3.63, 3.8) is 0 Å². The second-order valence-corrected chi connectivity index (χ2v) is 4.86. The van der Waals surface area contributed by atoms with Crippen molar-refractivity contribution in [2.75, 3.05) is 5.32 Å². The summed E-state index contributed by atoms with van der Waals surface area (Å²) in [6.45, 7) is 1.31. The van der Waals surface area contributed by atoms with Gasteiger partial charge in [0, 0.05) is 5.69 Å². The fourth-order valence-corrected chi connectivity index (χ4v) is 2.47. The van der Waals surface area contributed by atoms with Crippen LogP contribution in [0.25, 0.3) is 0 Å². The fourth-order valence-electron chi connectivity index (χ4n) is 1.85. The monoisotopic (exact) mass is 245 g/mol. The number of rotatable bonds is 2. The van der Waals surface area contributed by atoms with Gasteiger partial charge >= 0.3 is 0 Å². The lowest BCUT2D eigenvalue weighted by atomic mass is 10.1. The Morgan fingerprint density at radius 3 is 2.94 bits per heavy atom. The van der Waals surface area contributed by atoms with Crippen LogP contribution in [0.4, 0.5) is 5.69 Å². The number of hydrogen-bond donors (Lipinski definition) is 1. The van der Waals surface area contributed by atoms with E-state index in [1.165, 1.54) is 16.9 Å². The molecule has 0 fully saturated rings. The lowest BCUT2D eigenvalue weighted by Crippen LogP contribution is -2.10. The number of ether oxygens (including phenoxy) is 1. The summed E-state index contributed by atoms with van der Waals surface area (Å²) in [6.07, 6.45) is 0. The molecular formula is C13H11NO2S. The molecule has 0 aliphatic carbocycles. The van der Waals surface area contributed by atoms with E-state index in [1.54, 1.807) is 0 Å². The van der Waals surface area contributed by atoms with Crippen LogP contribution >= 0.6 is 11.3 Å². The number of anilines is 1. The molecule has 0 unspecified atom stereocenters. The average molecular weight is 245 g/mol. The maximum Gasteiger partial charge on any atom is 0.265 e. The van der Waals surface area contributed by atoms with Gasteiger partial charge in [0.1, 0.15) is 0 Å². The summed E-state index contributed by atoms with van der Waals surface area (Å²) >= 11 is 1.44. The van der Waals surface area contributed by atoms with E-state index in [-0.39, 0.29) is 5.91 Å². The molecule has 0 atom stereocenters. The molecule has 0 saturated heterocycles. The number of hydrogen-bond acceptors (Lipinski definition) is 3. The lowest BCUT2D eigenvalue weighted by molar-refractivity contribution is 0.103. The summed E-state index contributed by atoms with van der Waals surface area (Å²) in [6, 6.07) is 9.59. The molecule has 2 heterocycles. The molecule has 1 aromatic carbocycles. The molecule has 0 spiro atoms. The Kier molecular flexibility index (Phi) is 2.66.